The molecule has 28 atom stereocenters. The summed E-state index contributed by atoms with van der Waals surface area (Å²) in [5, 5.41) is 140. The number of carboxylic acid groups (broad SMARTS) is 1. The summed E-state index contributed by atoms with van der Waals surface area (Å²) >= 11 is 0. The number of fused-ring (bicyclic) bond motifs is 7. The zero-order chi connectivity index (χ0) is 53.3. The van der Waals surface area contributed by atoms with Crippen molar-refractivity contribution in [1.82, 2.24) is 0 Å². The zero-order valence-electron chi connectivity index (χ0n) is 42.8. The van der Waals surface area contributed by atoms with Gasteiger partial charge in [0.05, 0.1) is 44.7 Å². The van der Waals surface area contributed by atoms with Crippen LogP contribution in [0.2, 0.25) is 0 Å². The van der Waals surface area contributed by atoms with E-state index in [-0.39, 0.29) is 53.8 Å². The van der Waals surface area contributed by atoms with Crippen LogP contribution in [0.25, 0.3) is 0 Å². The number of allylic oxidation sites excluding steroid dienone is 2. The molecule has 0 aromatic rings. The van der Waals surface area contributed by atoms with Gasteiger partial charge in [-0.3, -0.25) is 0 Å². The number of carboxylic acids is 1. The van der Waals surface area contributed by atoms with Gasteiger partial charge < -0.3 is 104 Å². The topological polar surface area (TPSA) is 354 Å². The van der Waals surface area contributed by atoms with Gasteiger partial charge >= 0.3 is 5.97 Å². The molecule has 4 heterocycles. The molecular formula is C51H82O22. The number of aliphatic carboxylic acids is 1. The van der Waals surface area contributed by atoms with Gasteiger partial charge in [-0.15, -0.1) is 0 Å². The Bertz CT molecular complexity index is 2030. The van der Waals surface area contributed by atoms with Crippen LogP contribution in [0.1, 0.15) is 99.8 Å². The van der Waals surface area contributed by atoms with E-state index in [9.17, 15) is 71.2 Å². The maximum Gasteiger partial charge on any atom is 0.335 e. The molecule has 9 rings (SSSR count). The molecule has 13 N–H and O–H groups in total. The van der Waals surface area contributed by atoms with Crippen molar-refractivity contribution in [2.24, 2.45) is 50.2 Å². The highest BCUT2D eigenvalue weighted by atomic mass is 16.8. The smallest absolute Gasteiger partial charge is 0.335 e. The number of aliphatic hydroxyl groups is 12. The normalized spacial score (nSPS) is 56.0. The molecule has 5 aliphatic carbocycles. The first-order valence-electron chi connectivity index (χ1n) is 26.2. The minimum atomic E-state index is -1.98. The molecule has 0 amide bonds. The molecule has 4 saturated heterocycles. The van der Waals surface area contributed by atoms with Crippen molar-refractivity contribution >= 4 is 5.97 Å². The molecule has 0 radical (unpaired) electrons. The van der Waals surface area contributed by atoms with Gasteiger partial charge in [-0.25, -0.2) is 4.79 Å². The lowest BCUT2D eigenvalue weighted by Crippen LogP contribution is -2.69. The average Bonchev–Trinajstić information content (AvgIpc) is 3.33. The second-order valence-corrected chi connectivity index (χ2v) is 25.1. The van der Waals surface area contributed by atoms with E-state index in [2.05, 4.69) is 33.8 Å². The minimum absolute atomic E-state index is 0.0653. The molecule has 4 aliphatic heterocycles. The standard InChI is InChI=1S/C51H82O22/c1-46(2)16-22-21-8-9-27-48(4)12-11-28(69-45-38(32(59)31(58)37(71-45)41(64)65)72-43-34(61)30(57)24(54)18-67-43)49(5,20-52)26(48)10-13-51(27,7)50(21,6)15-14-47(22,3)40(39(46)63)73-44-35(62)36(25(55)19-68-44)70-42-33(60)29(56)23(53)17-66-42/h8,22-40,42-45,52-63H,9-20H2,1-7H3,(H,64,65). The number of rotatable bonds is 10. The summed E-state index contributed by atoms with van der Waals surface area (Å²) < 4.78 is 47.8. The summed E-state index contributed by atoms with van der Waals surface area (Å²) in [6.07, 6.45) is -22.3. The number of aliphatic hydroxyl groups excluding tert-OH is 12. The van der Waals surface area contributed by atoms with Crippen molar-refractivity contribution in [2.45, 2.75) is 223 Å². The zero-order valence-corrected chi connectivity index (χ0v) is 42.8. The quantitative estimate of drug-likeness (QED) is 0.0865. The fraction of sp³-hybridized carbons (Fsp3) is 0.941. The molecule has 8 fully saturated rings. The summed E-state index contributed by atoms with van der Waals surface area (Å²) in [5.74, 6) is -1.62. The van der Waals surface area contributed by atoms with Crippen molar-refractivity contribution in [2.75, 3.05) is 26.4 Å². The Balaban J connectivity index is 0.956. The second-order valence-electron chi connectivity index (χ2n) is 25.1. The Morgan fingerprint density at radius 1 is 0.603 bits per heavy atom. The predicted octanol–water partition coefficient (Wildman–Crippen LogP) is -1.61. The molecule has 9 aliphatic rings. The monoisotopic (exact) mass is 1050 g/mol. The Labute approximate surface area is 425 Å². The second kappa shape index (κ2) is 19.9. The van der Waals surface area contributed by atoms with Crippen LogP contribution in [-0.4, -0.2) is 222 Å². The molecule has 22 heteroatoms. The van der Waals surface area contributed by atoms with E-state index in [1.165, 1.54) is 5.57 Å². The van der Waals surface area contributed by atoms with E-state index < -0.39 is 152 Å². The molecule has 73 heavy (non-hydrogen) atoms. The van der Waals surface area contributed by atoms with Gasteiger partial charge in [0.2, 0.25) is 0 Å². The van der Waals surface area contributed by atoms with Crippen molar-refractivity contribution in [3.05, 3.63) is 11.6 Å². The van der Waals surface area contributed by atoms with E-state index in [4.69, 9.17) is 37.9 Å². The first-order valence-corrected chi connectivity index (χ1v) is 26.2. The van der Waals surface area contributed by atoms with Gasteiger partial charge in [-0.05, 0) is 90.8 Å². The molecule has 22 nitrogen and oxygen atoms in total. The maximum atomic E-state index is 12.3. The molecule has 0 aromatic carbocycles. The van der Waals surface area contributed by atoms with Crippen LogP contribution in [0.4, 0.5) is 0 Å². The van der Waals surface area contributed by atoms with Crippen LogP contribution in [0.15, 0.2) is 11.6 Å². The molecule has 4 saturated carbocycles. The number of ether oxygens (including phenoxy) is 8. The fourth-order valence-electron chi connectivity index (χ4n) is 15.9. The van der Waals surface area contributed by atoms with E-state index in [0.29, 0.717) is 32.1 Å². The largest absolute Gasteiger partial charge is 0.479 e. The van der Waals surface area contributed by atoms with Gasteiger partial charge in [-0.1, -0.05) is 60.1 Å². The third-order valence-corrected chi connectivity index (χ3v) is 20.7. The lowest BCUT2D eigenvalue weighted by molar-refractivity contribution is -0.367. The fourth-order valence-corrected chi connectivity index (χ4v) is 15.9. The predicted molar refractivity (Wildman–Crippen MR) is 248 cm³/mol. The lowest BCUT2D eigenvalue weighted by Gasteiger charge is -2.72. The molecule has 28 unspecified atom stereocenters. The van der Waals surface area contributed by atoms with E-state index >= 15 is 0 Å². The SMILES string of the molecule is CC1(C)CC2C3=CCC4C5(C)CCC(OC6OC(C(=O)O)C(O)C(O)C6OC6OCC(O)C(O)C6O)C(C)(CO)C5CCC4(C)C3(C)CCC2(C)C(OC2OCC(O)C(OC3OCC(O)C(O)C3O)C2O)C1O. The molecule has 0 aromatic heterocycles. The van der Waals surface area contributed by atoms with E-state index in [1.807, 2.05) is 20.8 Å². The van der Waals surface area contributed by atoms with Crippen LogP contribution >= 0.6 is 0 Å². The summed E-state index contributed by atoms with van der Waals surface area (Å²) in [5.41, 5.74) is -1.87. The molecule has 418 valence electrons. The molecule has 0 bridgehead atoms. The van der Waals surface area contributed by atoms with Gasteiger partial charge in [-0.2, -0.15) is 0 Å². The highest BCUT2D eigenvalue weighted by Crippen LogP contribution is 2.76. The first kappa shape index (κ1) is 56.1. The highest BCUT2D eigenvalue weighted by Gasteiger charge is 2.71. The molecular weight excluding hydrogens is 965 g/mol. The molecule has 0 spiro atoms. The highest BCUT2D eigenvalue weighted by molar-refractivity contribution is 5.73. The van der Waals surface area contributed by atoms with Crippen molar-refractivity contribution in [3.63, 3.8) is 0 Å². The van der Waals surface area contributed by atoms with Gasteiger partial charge in [0.25, 0.3) is 0 Å². The summed E-state index contributed by atoms with van der Waals surface area (Å²) in [4.78, 5) is 12.3. The van der Waals surface area contributed by atoms with Crippen molar-refractivity contribution < 1.29 is 109 Å². The van der Waals surface area contributed by atoms with Crippen LogP contribution < -0.4 is 0 Å². The Morgan fingerprint density at radius 2 is 1.18 bits per heavy atom. The minimum Gasteiger partial charge on any atom is -0.479 e. The maximum absolute atomic E-state index is 12.3. The van der Waals surface area contributed by atoms with E-state index in [1.54, 1.807) is 0 Å². The summed E-state index contributed by atoms with van der Waals surface area (Å²) in [6.45, 7) is 13.8. The Morgan fingerprint density at radius 3 is 1.77 bits per heavy atom. The Kier molecular flexibility index (Phi) is 15.3. The van der Waals surface area contributed by atoms with Crippen LogP contribution in [0.5, 0.6) is 0 Å². The summed E-state index contributed by atoms with van der Waals surface area (Å²) in [7, 11) is 0. The third-order valence-electron chi connectivity index (χ3n) is 20.7. The average molecular weight is 1050 g/mol. The van der Waals surface area contributed by atoms with Gasteiger partial charge in [0.1, 0.15) is 73.2 Å². The third kappa shape index (κ3) is 8.90. The van der Waals surface area contributed by atoms with Crippen LogP contribution in [-0.2, 0) is 42.7 Å². The van der Waals surface area contributed by atoms with Crippen molar-refractivity contribution in [1.29, 1.82) is 0 Å². The lowest BCUT2D eigenvalue weighted by atomic mass is 9.33. The van der Waals surface area contributed by atoms with Crippen LogP contribution in [0.3, 0.4) is 0 Å². The summed E-state index contributed by atoms with van der Waals surface area (Å²) in [6, 6.07) is 0. The van der Waals surface area contributed by atoms with Gasteiger partial charge in [0.15, 0.2) is 31.3 Å². The van der Waals surface area contributed by atoms with Crippen molar-refractivity contribution in [3.8, 4) is 0 Å². The van der Waals surface area contributed by atoms with Gasteiger partial charge in [0, 0.05) is 10.8 Å². The first-order chi connectivity index (χ1) is 34.1. The van der Waals surface area contributed by atoms with Crippen LogP contribution in [0, 0.1) is 50.2 Å². The number of hydrogen-bond acceptors (Lipinski definition) is 21. The number of hydrogen-bond donors (Lipinski definition) is 13. The Hall–Kier alpha value is -1.59. The number of carbonyl (C=O) groups is 1. The van der Waals surface area contributed by atoms with E-state index in [0.717, 1.165) is 19.3 Å².